The van der Waals surface area contributed by atoms with Crippen LogP contribution in [0.3, 0.4) is 0 Å². The van der Waals surface area contributed by atoms with Crippen LogP contribution in [0.15, 0.2) is 52.2 Å². The molecule has 3 heterocycles. The Kier molecular flexibility index (Phi) is 5.57. The summed E-state index contributed by atoms with van der Waals surface area (Å²) in [7, 11) is 1.94. The Bertz CT molecular complexity index is 1060. The molecule has 5 nitrogen and oxygen atoms in total. The van der Waals surface area contributed by atoms with Crippen molar-refractivity contribution in [2.45, 2.75) is 36.5 Å². The zero-order valence-electron chi connectivity index (χ0n) is 17.8. The van der Waals surface area contributed by atoms with Crippen molar-refractivity contribution < 1.29 is 17.6 Å². The van der Waals surface area contributed by atoms with E-state index in [9.17, 15) is 13.2 Å². The summed E-state index contributed by atoms with van der Waals surface area (Å²) in [5.41, 5.74) is 0.736. The molecule has 2 atom stereocenters. The Balaban J connectivity index is 1.08. The van der Waals surface area contributed by atoms with E-state index in [0.29, 0.717) is 11.7 Å². The topological polar surface area (TPSA) is 47.1 Å². The zero-order valence-corrected chi connectivity index (χ0v) is 18.6. The molecule has 1 saturated carbocycles. The third kappa shape index (κ3) is 4.20. The Hall–Kier alpha value is -2.26. The highest BCUT2D eigenvalue weighted by molar-refractivity contribution is 7.99. The number of rotatable bonds is 7. The number of hydrogen-bond acceptors (Lipinski definition) is 5. The van der Waals surface area contributed by atoms with Gasteiger partial charge in [0.1, 0.15) is 0 Å². The van der Waals surface area contributed by atoms with Crippen LogP contribution in [-0.2, 0) is 13.2 Å². The summed E-state index contributed by atoms with van der Waals surface area (Å²) in [6, 6.07) is 9.47. The van der Waals surface area contributed by atoms with Crippen molar-refractivity contribution in [3.63, 3.8) is 0 Å². The molecule has 5 rings (SSSR count). The van der Waals surface area contributed by atoms with Gasteiger partial charge in [-0.25, -0.2) is 0 Å². The van der Waals surface area contributed by atoms with Crippen LogP contribution >= 0.6 is 11.8 Å². The average molecular weight is 463 g/mol. The van der Waals surface area contributed by atoms with Gasteiger partial charge in [0.2, 0.25) is 0 Å². The van der Waals surface area contributed by atoms with Crippen molar-refractivity contribution >= 4 is 11.8 Å². The third-order valence-electron chi connectivity index (χ3n) is 6.72. The van der Waals surface area contributed by atoms with E-state index < -0.39 is 11.7 Å². The van der Waals surface area contributed by atoms with Crippen molar-refractivity contribution in [2.24, 2.45) is 12.5 Å². The van der Waals surface area contributed by atoms with E-state index in [1.165, 1.54) is 12.1 Å². The molecular formula is C23H25F3N4OS. The fraction of sp³-hybridized carbons (Fsp3) is 0.478. The van der Waals surface area contributed by atoms with E-state index in [-0.39, 0.29) is 5.41 Å². The highest BCUT2D eigenvalue weighted by atomic mass is 32.2. The number of nitrogens with zero attached hydrogens (tertiary/aromatic N) is 4. The van der Waals surface area contributed by atoms with Crippen LogP contribution in [0.5, 0.6) is 0 Å². The lowest BCUT2D eigenvalue weighted by Crippen LogP contribution is -2.23. The number of alkyl halides is 3. The van der Waals surface area contributed by atoms with Gasteiger partial charge >= 0.3 is 6.18 Å². The van der Waals surface area contributed by atoms with Crippen LogP contribution in [0.2, 0.25) is 0 Å². The second-order valence-electron chi connectivity index (χ2n) is 8.81. The maximum absolute atomic E-state index is 12.8. The molecule has 1 spiro atoms. The van der Waals surface area contributed by atoms with Gasteiger partial charge in [-0.05, 0) is 73.5 Å². The van der Waals surface area contributed by atoms with Gasteiger partial charge < -0.3 is 13.9 Å². The number of hydrogen-bond donors (Lipinski definition) is 0. The van der Waals surface area contributed by atoms with E-state index in [0.717, 1.165) is 61.2 Å². The lowest BCUT2D eigenvalue weighted by molar-refractivity contribution is -0.137. The summed E-state index contributed by atoms with van der Waals surface area (Å²) in [5, 5.41) is 9.37. The number of halogens is 3. The molecule has 1 saturated heterocycles. The number of furan rings is 1. The maximum atomic E-state index is 12.8. The highest BCUT2D eigenvalue weighted by Crippen LogP contribution is 2.64. The molecular weight excluding hydrogens is 437 g/mol. The molecule has 170 valence electrons. The first-order valence-corrected chi connectivity index (χ1v) is 11.8. The molecule has 0 N–H and O–H groups in total. The summed E-state index contributed by atoms with van der Waals surface area (Å²) >= 11 is 1.69. The van der Waals surface area contributed by atoms with E-state index in [2.05, 4.69) is 15.1 Å². The van der Waals surface area contributed by atoms with Crippen LogP contribution in [0, 0.1) is 5.41 Å². The van der Waals surface area contributed by atoms with Crippen LogP contribution in [0.1, 0.15) is 36.3 Å². The van der Waals surface area contributed by atoms with Crippen molar-refractivity contribution in [1.82, 2.24) is 19.7 Å². The van der Waals surface area contributed by atoms with Crippen LogP contribution < -0.4 is 0 Å². The second kappa shape index (κ2) is 8.26. The lowest BCUT2D eigenvalue weighted by atomic mass is 9.97. The van der Waals surface area contributed by atoms with Gasteiger partial charge in [0.05, 0.1) is 11.8 Å². The molecule has 1 aromatic carbocycles. The molecule has 0 radical (unpaired) electrons. The van der Waals surface area contributed by atoms with Gasteiger partial charge in [-0.2, -0.15) is 13.2 Å². The fourth-order valence-electron chi connectivity index (χ4n) is 4.86. The van der Waals surface area contributed by atoms with Gasteiger partial charge in [0.25, 0.3) is 0 Å². The molecule has 3 aromatic rings. The predicted molar refractivity (Wildman–Crippen MR) is 116 cm³/mol. The van der Waals surface area contributed by atoms with Crippen LogP contribution in [-0.4, -0.2) is 45.1 Å². The summed E-state index contributed by atoms with van der Waals surface area (Å²) in [6.45, 7) is 3.13. The largest absolute Gasteiger partial charge is 0.461 e. The molecule has 2 aliphatic rings. The molecule has 2 fully saturated rings. The molecule has 0 bridgehead atoms. The molecule has 9 heteroatoms. The second-order valence-corrected chi connectivity index (χ2v) is 9.87. The molecule has 1 aliphatic carbocycles. The van der Waals surface area contributed by atoms with E-state index in [1.54, 1.807) is 30.2 Å². The molecule has 1 aliphatic heterocycles. The quantitative estimate of drug-likeness (QED) is 0.345. The standard InChI is InChI=1S/C23H25F3N4OS/c1-29-20(19-4-2-12-31-19)27-28-21(29)32-13-3-10-30-11-9-22(15-30)14-18(22)16-5-7-17(8-6-16)23(24,25)26/h2,4-8,12,18H,3,9-11,13-15H2,1H3. The summed E-state index contributed by atoms with van der Waals surface area (Å²) < 4.78 is 45.8. The van der Waals surface area contributed by atoms with E-state index >= 15 is 0 Å². The zero-order chi connectivity index (χ0) is 22.3. The number of likely N-dealkylation sites (tertiary alicyclic amines) is 1. The first-order chi connectivity index (χ1) is 15.4. The lowest BCUT2D eigenvalue weighted by Gasteiger charge is -2.16. The third-order valence-corrected chi connectivity index (χ3v) is 7.83. The fourth-order valence-corrected chi connectivity index (χ4v) is 5.70. The van der Waals surface area contributed by atoms with Crippen molar-refractivity contribution in [2.75, 3.05) is 25.4 Å². The van der Waals surface area contributed by atoms with Crippen LogP contribution in [0.4, 0.5) is 13.2 Å². The molecule has 32 heavy (non-hydrogen) atoms. The Morgan fingerprint density at radius 1 is 1.19 bits per heavy atom. The monoisotopic (exact) mass is 462 g/mol. The highest BCUT2D eigenvalue weighted by Gasteiger charge is 2.57. The minimum Gasteiger partial charge on any atom is -0.461 e. The summed E-state index contributed by atoms with van der Waals surface area (Å²) in [4.78, 5) is 2.50. The van der Waals surface area contributed by atoms with Gasteiger partial charge in [0.15, 0.2) is 16.7 Å². The van der Waals surface area contributed by atoms with Gasteiger partial charge in [-0.3, -0.25) is 0 Å². The van der Waals surface area contributed by atoms with Crippen molar-refractivity contribution in [3.8, 4) is 11.6 Å². The average Bonchev–Trinajstić information content (AvgIpc) is 3.16. The van der Waals surface area contributed by atoms with Crippen molar-refractivity contribution in [1.29, 1.82) is 0 Å². The number of benzene rings is 1. The molecule has 0 amide bonds. The Labute approximate surface area is 189 Å². The van der Waals surface area contributed by atoms with Gasteiger partial charge in [-0.1, -0.05) is 23.9 Å². The maximum Gasteiger partial charge on any atom is 0.416 e. The first-order valence-electron chi connectivity index (χ1n) is 10.8. The number of aromatic nitrogens is 3. The molecule has 2 unspecified atom stereocenters. The minimum atomic E-state index is -4.27. The SMILES string of the molecule is Cn1c(SCCCN2CCC3(CC3c3ccc(C(F)(F)F)cc3)C2)nnc1-c1ccco1. The Morgan fingerprint density at radius 3 is 2.72 bits per heavy atom. The Morgan fingerprint density at radius 2 is 2.00 bits per heavy atom. The smallest absolute Gasteiger partial charge is 0.416 e. The molecule has 2 aromatic heterocycles. The van der Waals surface area contributed by atoms with E-state index in [1.807, 2.05) is 23.7 Å². The van der Waals surface area contributed by atoms with Crippen LogP contribution in [0.25, 0.3) is 11.6 Å². The number of thioether (sulfide) groups is 1. The normalized spacial score (nSPS) is 23.3. The van der Waals surface area contributed by atoms with Gasteiger partial charge in [0, 0.05) is 19.3 Å². The summed E-state index contributed by atoms with van der Waals surface area (Å²) in [6.07, 6.45) is 0.614. The van der Waals surface area contributed by atoms with Crippen molar-refractivity contribution in [3.05, 3.63) is 53.8 Å². The van der Waals surface area contributed by atoms with Gasteiger partial charge in [-0.15, -0.1) is 10.2 Å². The minimum absolute atomic E-state index is 0.258. The predicted octanol–water partition coefficient (Wildman–Crippen LogP) is 5.46. The summed E-state index contributed by atoms with van der Waals surface area (Å²) in [5.74, 6) is 2.78. The first kappa shape index (κ1) is 21.6. The van der Waals surface area contributed by atoms with E-state index in [4.69, 9.17) is 4.42 Å².